The molecule has 7 heteroatoms. The fraction of sp³-hybridized carbons (Fsp3) is 0.714. The second-order valence-electron chi connectivity index (χ2n) is 6.88. The molecule has 1 fully saturated rings. The summed E-state index contributed by atoms with van der Waals surface area (Å²) in [4.78, 5) is 8.20. The predicted molar refractivity (Wildman–Crippen MR) is 79.2 cm³/mol. The molecule has 0 aromatic carbocycles. The van der Waals surface area contributed by atoms with Gasteiger partial charge in [-0.05, 0) is 29.6 Å². The highest BCUT2D eigenvalue weighted by atomic mass is 16.3. The molecule has 3 rings (SSSR count). The SMILES string of the molecule is CC1(C)[C@@H](CO)CC[C@@]1(C)Cn1nnc2c(N)ncnc21. The first-order valence-corrected chi connectivity index (χ1v) is 7.29. The summed E-state index contributed by atoms with van der Waals surface area (Å²) in [5.41, 5.74) is 7.09. The van der Waals surface area contributed by atoms with Crippen LogP contribution in [-0.4, -0.2) is 36.7 Å². The number of nitrogen functional groups attached to an aromatic ring is 1. The summed E-state index contributed by atoms with van der Waals surface area (Å²) in [6.45, 7) is 7.65. The van der Waals surface area contributed by atoms with E-state index >= 15 is 0 Å². The second-order valence-corrected chi connectivity index (χ2v) is 6.88. The Hall–Kier alpha value is -1.76. The molecule has 1 saturated carbocycles. The summed E-state index contributed by atoms with van der Waals surface area (Å²) in [5.74, 6) is 0.673. The highest BCUT2D eigenvalue weighted by Crippen LogP contribution is 2.56. The molecule has 3 N–H and O–H groups in total. The Morgan fingerprint density at radius 2 is 2.14 bits per heavy atom. The lowest BCUT2D eigenvalue weighted by Crippen LogP contribution is -2.39. The van der Waals surface area contributed by atoms with Crippen molar-refractivity contribution in [2.75, 3.05) is 12.3 Å². The lowest BCUT2D eigenvalue weighted by molar-refractivity contribution is 0.0405. The molecule has 2 atom stereocenters. The Morgan fingerprint density at radius 1 is 1.38 bits per heavy atom. The molecule has 2 aromatic heterocycles. The largest absolute Gasteiger partial charge is 0.396 e. The van der Waals surface area contributed by atoms with Gasteiger partial charge in [0.2, 0.25) is 0 Å². The molecule has 1 aliphatic carbocycles. The van der Waals surface area contributed by atoms with Gasteiger partial charge in [0, 0.05) is 6.61 Å². The molecule has 0 bridgehead atoms. The van der Waals surface area contributed by atoms with E-state index in [0.29, 0.717) is 29.4 Å². The van der Waals surface area contributed by atoms with Crippen LogP contribution in [0.1, 0.15) is 33.6 Å². The van der Waals surface area contributed by atoms with Crippen LogP contribution in [0.25, 0.3) is 11.2 Å². The van der Waals surface area contributed by atoms with E-state index < -0.39 is 0 Å². The Balaban J connectivity index is 1.97. The van der Waals surface area contributed by atoms with Gasteiger partial charge in [0.05, 0.1) is 6.54 Å². The van der Waals surface area contributed by atoms with Gasteiger partial charge in [-0.25, -0.2) is 14.6 Å². The van der Waals surface area contributed by atoms with Gasteiger partial charge in [-0.1, -0.05) is 26.0 Å². The Labute approximate surface area is 123 Å². The summed E-state index contributed by atoms with van der Waals surface area (Å²) in [7, 11) is 0. The molecule has 114 valence electrons. The molecule has 0 unspecified atom stereocenters. The third-order valence-corrected chi connectivity index (χ3v) is 5.67. The zero-order valence-electron chi connectivity index (χ0n) is 12.7. The highest BCUT2D eigenvalue weighted by molar-refractivity contribution is 5.80. The first-order chi connectivity index (χ1) is 9.89. The molecule has 0 aliphatic heterocycles. The van der Waals surface area contributed by atoms with Crippen LogP contribution >= 0.6 is 0 Å². The summed E-state index contributed by atoms with van der Waals surface area (Å²) in [5, 5.41) is 17.9. The van der Waals surface area contributed by atoms with E-state index in [4.69, 9.17) is 5.73 Å². The number of anilines is 1. The number of hydrogen-bond acceptors (Lipinski definition) is 6. The number of nitrogens with zero attached hydrogens (tertiary/aromatic N) is 5. The fourth-order valence-electron chi connectivity index (χ4n) is 3.52. The Morgan fingerprint density at radius 3 is 2.81 bits per heavy atom. The topological polar surface area (TPSA) is 103 Å². The minimum absolute atomic E-state index is 0.0264. The van der Waals surface area contributed by atoms with Gasteiger partial charge in [-0.3, -0.25) is 0 Å². The monoisotopic (exact) mass is 290 g/mol. The highest BCUT2D eigenvalue weighted by Gasteiger charge is 2.51. The quantitative estimate of drug-likeness (QED) is 0.881. The Bertz CT molecular complexity index is 667. The average molecular weight is 290 g/mol. The van der Waals surface area contributed by atoms with Crippen LogP contribution in [0.15, 0.2) is 6.33 Å². The third-order valence-electron chi connectivity index (χ3n) is 5.67. The van der Waals surface area contributed by atoms with Crippen molar-refractivity contribution in [2.45, 2.75) is 40.2 Å². The zero-order valence-corrected chi connectivity index (χ0v) is 12.7. The van der Waals surface area contributed by atoms with Gasteiger partial charge in [-0.15, -0.1) is 5.10 Å². The smallest absolute Gasteiger partial charge is 0.183 e. The summed E-state index contributed by atoms with van der Waals surface area (Å²) in [6, 6.07) is 0. The van der Waals surface area contributed by atoms with Crippen LogP contribution in [-0.2, 0) is 6.54 Å². The lowest BCUT2D eigenvalue weighted by atomic mass is 9.66. The first-order valence-electron chi connectivity index (χ1n) is 7.29. The van der Waals surface area contributed by atoms with Gasteiger partial charge < -0.3 is 10.8 Å². The normalized spacial score (nSPS) is 28.3. The number of nitrogens with two attached hydrogens (primary N) is 1. The van der Waals surface area contributed by atoms with E-state index in [9.17, 15) is 5.11 Å². The maximum atomic E-state index is 9.60. The van der Waals surface area contributed by atoms with Crippen LogP contribution in [0.4, 0.5) is 5.82 Å². The van der Waals surface area contributed by atoms with Crippen LogP contribution in [0, 0.1) is 16.7 Å². The van der Waals surface area contributed by atoms with Crippen LogP contribution in [0.3, 0.4) is 0 Å². The molecule has 7 nitrogen and oxygen atoms in total. The lowest BCUT2D eigenvalue weighted by Gasteiger charge is -2.41. The number of hydrogen-bond donors (Lipinski definition) is 2. The molecule has 2 aromatic rings. The minimum Gasteiger partial charge on any atom is -0.396 e. The van der Waals surface area contributed by atoms with E-state index in [-0.39, 0.29) is 17.4 Å². The van der Waals surface area contributed by atoms with Crippen molar-refractivity contribution in [2.24, 2.45) is 16.7 Å². The average Bonchev–Trinajstić information content (AvgIpc) is 2.92. The van der Waals surface area contributed by atoms with Gasteiger partial charge in [0.1, 0.15) is 6.33 Å². The second kappa shape index (κ2) is 4.62. The standard InChI is InChI=1S/C14H22N6O/c1-13(2)9(6-21)4-5-14(13,3)7-20-12-10(18-19-20)11(15)16-8-17-12/h8-9,21H,4-7H2,1-3H3,(H2,15,16,17)/t9-,14+/m1/s1. The first kappa shape index (κ1) is 14.2. The molecule has 0 radical (unpaired) electrons. The molecular weight excluding hydrogens is 268 g/mol. The number of aliphatic hydroxyl groups is 1. The van der Waals surface area contributed by atoms with Crippen molar-refractivity contribution in [3.8, 4) is 0 Å². The van der Waals surface area contributed by atoms with Crippen LogP contribution < -0.4 is 5.73 Å². The van der Waals surface area contributed by atoms with E-state index in [1.807, 2.05) is 4.68 Å². The van der Waals surface area contributed by atoms with E-state index in [1.165, 1.54) is 6.33 Å². The van der Waals surface area contributed by atoms with E-state index in [1.54, 1.807) is 0 Å². The maximum Gasteiger partial charge on any atom is 0.183 e. The van der Waals surface area contributed by atoms with Crippen molar-refractivity contribution >= 4 is 17.0 Å². The van der Waals surface area contributed by atoms with Crippen molar-refractivity contribution in [3.05, 3.63) is 6.33 Å². The zero-order chi connectivity index (χ0) is 15.3. The molecular formula is C14H22N6O. The van der Waals surface area contributed by atoms with Gasteiger partial charge in [-0.2, -0.15) is 0 Å². The third kappa shape index (κ3) is 1.98. The van der Waals surface area contributed by atoms with Gasteiger partial charge in [0.15, 0.2) is 17.0 Å². The number of fused-ring (bicyclic) bond motifs is 1. The van der Waals surface area contributed by atoms with Crippen molar-refractivity contribution in [3.63, 3.8) is 0 Å². The molecule has 0 saturated heterocycles. The molecule has 0 spiro atoms. The summed E-state index contributed by atoms with van der Waals surface area (Å²) < 4.78 is 1.81. The fourth-order valence-corrected chi connectivity index (χ4v) is 3.52. The van der Waals surface area contributed by atoms with Crippen LogP contribution in [0.2, 0.25) is 0 Å². The summed E-state index contributed by atoms with van der Waals surface area (Å²) in [6.07, 6.45) is 3.52. The van der Waals surface area contributed by atoms with Gasteiger partial charge in [0.25, 0.3) is 0 Å². The van der Waals surface area contributed by atoms with Crippen molar-refractivity contribution in [1.82, 2.24) is 25.0 Å². The number of aliphatic hydroxyl groups excluding tert-OH is 1. The Kier molecular flexibility index (Phi) is 3.12. The van der Waals surface area contributed by atoms with Gasteiger partial charge >= 0.3 is 0 Å². The molecule has 21 heavy (non-hydrogen) atoms. The predicted octanol–water partition coefficient (Wildman–Crippen LogP) is 1.24. The number of rotatable bonds is 3. The van der Waals surface area contributed by atoms with Crippen molar-refractivity contribution in [1.29, 1.82) is 0 Å². The van der Waals surface area contributed by atoms with Crippen LogP contribution in [0.5, 0.6) is 0 Å². The molecule has 2 heterocycles. The minimum atomic E-state index is 0.0264. The van der Waals surface area contributed by atoms with Crippen molar-refractivity contribution < 1.29 is 5.11 Å². The molecule has 1 aliphatic rings. The maximum absolute atomic E-state index is 9.60. The molecule has 0 amide bonds. The van der Waals surface area contributed by atoms with E-state index in [0.717, 1.165) is 12.8 Å². The summed E-state index contributed by atoms with van der Waals surface area (Å²) >= 11 is 0. The van der Waals surface area contributed by atoms with E-state index in [2.05, 4.69) is 41.1 Å². The number of aromatic nitrogens is 5.